The first-order valence-electron chi connectivity index (χ1n) is 6.99. The summed E-state index contributed by atoms with van der Waals surface area (Å²) >= 11 is 6.07. The van der Waals surface area contributed by atoms with E-state index in [0.717, 1.165) is 0 Å². The van der Waals surface area contributed by atoms with E-state index in [-0.39, 0.29) is 5.91 Å². The van der Waals surface area contributed by atoms with Crippen LogP contribution in [0.1, 0.15) is 23.7 Å². The van der Waals surface area contributed by atoms with Crippen LogP contribution >= 0.6 is 11.6 Å². The summed E-state index contributed by atoms with van der Waals surface area (Å²) in [7, 11) is 0. The molecule has 3 rings (SSSR count). The lowest BCUT2D eigenvalue weighted by molar-refractivity contribution is -0.143. The van der Waals surface area contributed by atoms with Crippen molar-refractivity contribution in [2.24, 2.45) is 0 Å². The van der Waals surface area contributed by atoms with Gasteiger partial charge in [-0.2, -0.15) is 0 Å². The van der Waals surface area contributed by atoms with Gasteiger partial charge in [-0.15, -0.1) is 0 Å². The van der Waals surface area contributed by atoms with Gasteiger partial charge in [-0.25, -0.2) is 4.98 Å². The molecule has 7 heteroatoms. The Balaban J connectivity index is 1.72. The van der Waals surface area contributed by atoms with Crippen LogP contribution < -0.4 is 4.74 Å². The van der Waals surface area contributed by atoms with Gasteiger partial charge in [-0.3, -0.25) is 4.79 Å². The third-order valence-corrected chi connectivity index (χ3v) is 3.90. The zero-order valence-corrected chi connectivity index (χ0v) is 12.6. The number of carbonyl (C=O) groups excluding carboxylic acids is 1. The number of rotatable bonds is 3. The molecule has 21 heavy (non-hydrogen) atoms. The van der Waals surface area contributed by atoms with Crippen LogP contribution in [-0.2, 0) is 9.47 Å². The average Bonchev–Trinajstić information content (AvgIpc) is 3.11. The van der Waals surface area contributed by atoms with E-state index in [4.69, 9.17) is 25.8 Å². The summed E-state index contributed by atoms with van der Waals surface area (Å²) in [6, 6.07) is 1.59. The summed E-state index contributed by atoms with van der Waals surface area (Å²) in [5.74, 6) is -0.391. The van der Waals surface area contributed by atoms with Gasteiger partial charge < -0.3 is 19.1 Å². The number of ether oxygens (including phenoxy) is 3. The molecule has 1 aromatic rings. The van der Waals surface area contributed by atoms with Gasteiger partial charge in [0.25, 0.3) is 5.91 Å². The highest BCUT2D eigenvalue weighted by Crippen LogP contribution is 2.31. The summed E-state index contributed by atoms with van der Waals surface area (Å²) in [4.78, 5) is 18.3. The second-order valence-electron chi connectivity index (χ2n) is 5.03. The first kappa shape index (κ1) is 14.6. The summed E-state index contributed by atoms with van der Waals surface area (Å²) < 4.78 is 16.5. The Morgan fingerprint density at radius 1 is 1.52 bits per heavy atom. The maximum Gasteiger partial charge on any atom is 0.255 e. The lowest BCUT2D eigenvalue weighted by atomic mass is 10.2. The van der Waals surface area contributed by atoms with Crippen molar-refractivity contribution in [3.05, 3.63) is 22.8 Å². The summed E-state index contributed by atoms with van der Waals surface area (Å²) in [5, 5.41) is 0.338. The Kier molecular flexibility index (Phi) is 4.01. The topological polar surface area (TPSA) is 60.9 Å². The number of likely N-dealkylation sites (tertiary alicyclic amines) is 1. The Morgan fingerprint density at radius 2 is 2.29 bits per heavy atom. The predicted molar refractivity (Wildman–Crippen MR) is 75.6 cm³/mol. The molecule has 2 saturated heterocycles. The Labute approximate surface area is 127 Å². The minimum absolute atomic E-state index is 0.122. The van der Waals surface area contributed by atoms with E-state index in [1.54, 1.807) is 11.0 Å². The van der Waals surface area contributed by atoms with Gasteiger partial charge >= 0.3 is 0 Å². The molecule has 0 aliphatic carbocycles. The molecule has 0 unspecified atom stereocenters. The van der Waals surface area contributed by atoms with Crippen molar-refractivity contribution in [2.75, 3.05) is 32.9 Å². The molecule has 0 radical (unpaired) electrons. The molecular formula is C14H17ClN2O4. The van der Waals surface area contributed by atoms with Crippen molar-refractivity contribution in [3.63, 3.8) is 0 Å². The predicted octanol–water partition coefficient (Wildman–Crippen LogP) is 1.72. The lowest BCUT2D eigenvalue weighted by Gasteiger charge is -2.22. The maximum atomic E-state index is 12.5. The summed E-state index contributed by atoms with van der Waals surface area (Å²) in [6.45, 7) is 4.53. The highest BCUT2D eigenvalue weighted by atomic mass is 35.5. The largest absolute Gasteiger partial charge is 0.477 e. The fraction of sp³-hybridized carbons (Fsp3) is 0.571. The van der Waals surface area contributed by atoms with E-state index >= 15 is 0 Å². The number of amides is 1. The lowest BCUT2D eigenvalue weighted by Crippen LogP contribution is -2.37. The van der Waals surface area contributed by atoms with Crippen LogP contribution in [0.25, 0.3) is 0 Å². The number of carbonyl (C=O) groups is 1. The Bertz CT molecular complexity index is 546. The van der Waals surface area contributed by atoms with E-state index in [2.05, 4.69) is 4.98 Å². The van der Waals surface area contributed by atoms with E-state index in [0.29, 0.717) is 55.8 Å². The number of aromatic nitrogens is 1. The van der Waals surface area contributed by atoms with Crippen LogP contribution in [-0.4, -0.2) is 54.5 Å². The first-order valence-corrected chi connectivity index (χ1v) is 7.37. The minimum atomic E-state index is -0.613. The smallest absolute Gasteiger partial charge is 0.255 e. The Hall–Kier alpha value is -1.37. The van der Waals surface area contributed by atoms with E-state index in [9.17, 15) is 4.79 Å². The summed E-state index contributed by atoms with van der Waals surface area (Å²) in [5.41, 5.74) is 0.443. The van der Waals surface area contributed by atoms with Gasteiger partial charge in [0.15, 0.2) is 5.79 Å². The number of nitrogens with zero attached hydrogens (tertiary/aromatic N) is 2. The molecule has 1 aromatic heterocycles. The molecule has 0 atom stereocenters. The minimum Gasteiger partial charge on any atom is -0.477 e. The third-order valence-electron chi connectivity index (χ3n) is 3.63. The fourth-order valence-electron chi connectivity index (χ4n) is 2.63. The highest BCUT2D eigenvalue weighted by molar-refractivity contribution is 6.32. The van der Waals surface area contributed by atoms with Gasteiger partial charge in [0.1, 0.15) is 5.02 Å². The van der Waals surface area contributed by atoms with Crippen molar-refractivity contribution in [1.29, 1.82) is 0 Å². The molecule has 3 heterocycles. The van der Waals surface area contributed by atoms with Crippen LogP contribution in [0.2, 0.25) is 5.02 Å². The van der Waals surface area contributed by atoms with Crippen LogP contribution in [0.15, 0.2) is 12.3 Å². The molecular weight excluding hydrogens is 296 g/mol. The molecule has 2 fully saturated rings. The van der Waals surface area contributed by atoms with Crippen molar-refractivity contribution in [1.82, 2.24) is 9.88 Å². The molecule has 0 bridgehead atoms. The number of hydrogen-bond donors (Lipinski definition) is 0. The van der Waals surface area contributed by atoms with Gasteiger partial charge in [0, 0.05) is 19.2 Å². The van der Waals surface area contributed by atoms with Gasteiger partial charge in [-0.05, 0) is 13.0 Å². The second kappa shape index (κ2) is 5.79. The molecule has 1 spiro atoms. The molecule has 6 nitrogen and oxygen atoms in total. The molecule has 0 saturated carbocycles. The zero-order valence-electron chi connectivity index (χ0n) is 11.8. The normalized spacial score (nSPS) is 20.2. The van der Waals surface area contributed by atoms with E-state index in [1.807, 2.05) is 6.92 Å². The molecule has 1 amide bonds. The van der Waals surface area contributed by atoms with Crippen molar-refractivity contribution >= 4 is 17.5 Å². The van der Waals surface area contributed by atoms with Crippen molar-refractivity contribution in [2.45, 2.75) is 19.1 Å². The van der Waals surface area contributed by atoms with Crippen LogP contribution in [0.3, 0.4) is 0 Å². The monoisotopic (exact) mass is 312 g/mol. The molecule has 0 aromatic carbocycles. The maximum absolute atomic E-state index is 12.5. The standard InChI is InChI=1S/C14H17ClN2O4/c1-2-19-12-11(15)7-10(8-16-12)13(18)17-4-3-14(9-17)20-5-6-21-14/h7-8H,2-6,9H2,1H3. The van der Waals surface area contributed by atoms with E-state index < -0.39 is 5.79 Å². The highest BCUT2D eigenvalue weighted by Gasteiger charge is 2.44. The zero-order chi connectivity index (χ0) is 14.9. The first-order chi connectivity index (χ1) is 10.1. The van der Waals surface area contributed by atoms with E-state index in [1.165, 1.54) is 6.20 Å². The van der Waals surface area contributed by atoms with Crippen LogP contribution in [0, 0.1) is 0 Å². The van der Waals surface area contributed by atoms with Gasteiger partial charge in [0.05, 0.1) is 31.9 Å². The molecule has 114 valence electrons. The fourth-order valence-corrected chi connectivity index (χ4v) is 2.85. The van der Waals surface area contributed by atoms with Gasteiger partial charge in [-0.1, -0.05) is 11.6 Å². The average molecular weight is 313 g/mol. The Morgan fingerprint density at radius 3 is 2.95 bits per heavy atom. The van der Waals surface area contributed by atoms with Crippen molar-refractivity contribution in [3.8, 4) is 5.88 Å². The molecule has 2 aliphatic heterocycles. The SMILES string of the molecule is CCOc1ncc(C(=O)N2CCC3(C2)OCCO3)cc1Cl. The molecule has 2 aliphatic rings. The van der Waals surface area contributed by atoms with Crippen molar-refractivity contribution < 1.29 is 19.0 Å². The number of hydrogen-bond acceptors (Lipinski definition) is 5. The van der Waals surface area contributed by atoms with Crippen LogP contribution in [0.4, 0.5) is 0 Å². The van der Waals surface area contributed by atoms with Crippen LogP contribution in [0.5, 0.6) is 5.88 Å². The number of pyridine rings is 1. The summed E-state index contributed by atoms with van der Waals surface area (Å²) in [6.07, 6.45) is 2.18. The molecule has 0 N–H and O–H groups in total. The third kappa shape index (κ3) is 2.84. The van der Waals surface area contributed by atoms with Gasteiger partial charge in [0.2, 0.25) is 5.88 Å². The second-order valence-corrected chi connectivity index (χ2v) is 5.44. The number of halogens is 1. The quantitative estimate of drug-likeness (QED) is 0.850.